The third kappa shape index (κ3) is 5.31. The van der Waals surface area contributed by atoms with Crippen LogP contribution >= 0.6 is 12.0 Å². The zero-order valence-corrected chi connectivity index (χ0v) is 15.7. The predicted octanol–water partition coefficient (Wildman–Crippen LogP) is 1.77. The van der Waals surface area contributed by atoms with E-state index in [1.807, 2.05) is 6.26 Å². The first kappa shape index (κ1) is 18.0. The highest BCUT2D eigenvalue weighted by molar-refractivity contribution is 7.93. The Morgan fingerprint density at radius 2 is 1.70 bits per heavy atom. The molecule has 0 aromatic carbocycles. The molecule has 0 aromatic heterocycles. The van der Waals surface area contributed by atoms with E-state index in [4.69, 9.17) is 13.7 Å². The number of likely N-dealkylation sites (N-methyl/N-ethyl adjacent to an activating group) is 1. The molecule has 0 N–H and O–H groups in total. The monoisotopic (exact) mass is 345 g/mol. The standard InChI is InChI=1S/C17H33N2O3S/c1-19(2)12-17(13-19)20-9-8-18-6-4-14(5-7-18)21-15-10-16(11-15)22-23-3/h14-17H,4-13H2,1-3H3/q+1. The van der Waals surface area contributed by atoms with Gasteiger partial charge in [0, 0.05) is 38.7 Å². The van der Waals surface area contributed by atoms with Gasteiger partial charge >= 0.3 is 0 Å². The molecule has 5 nitrogen and oxygen atoms in total. The molecule has 1 saturated carbocycles. The van der Waals surface area contributed by atoms with Crippen molar-refractivity contribution in [1.29, 1.82) is 0 Å². The number of nitrogens with zero attached hydrogens (tertiary/aromatic N) is 2. The average molecular weight is 346 g/mol. The SMILES string of the molecule is CSOC1CC(OC2CCN(CCOC3C[N+](C)(C)C3)CC2)C1. The van der Waals surface area contributed by atoms with Crippen LogP contribution in [-0.2, 0) is 13.7 Å². The van der Waals surface area contributed by atoms with Gasteiger partial charge in [0.05, 0.1) is 39.0 Å². The van der Waals surface area contributed by atoms with Crippen LogP contribution in [0.5, 0.6) is 0 Å². The molecule has 0 bridgehead atoms. The first-order valence-corrected chi connectivity index (χ1v) is 10.2. The van der Waals surface area contributed by atoms with E-state index in [2.05, 4.69) is 19.0 Å². The molecule has 2 aliphatic heterocycles. The van der Waals surface area contributed by atoms with Crippen LogP contribution in [0.3, 0.4) is 0 Å². The van der Waals surface area contributed by atoms with Gasteiger partial charge in [0.25, 0.3) is 0 Å². The van der Waals surface area contributed by atoms with Gasteiger partial charge in [-0.05, 0) is 24.9 Å². The van der Waals surface area contributed by atoms with Gasteiger partial charge < -0.3 is 23.0 Å². The van der Waals surface area contributed by atoms with Gasteiger partial charge in [-0.1, -0.05) is 0 Å². The maximum Gasteiger partial charge on any atom is 0.155 e. The zero-order valence-electron chi connectivity index (χ0n) is 14.9. The van der Waals surface area contributed by atoms with Crippen molar-refractivity contribution in [2.45, 2.75) is 50.1 Å². The minimum atomic E-state index is 0.419. The highest BCUT2D eigenvalue weighted by atomic mass is 32.2. The van der Waals surface area contributed by atoms with Crippen LogP contribution in [0.4, 0.5) is 0 Å². The molecule has 1 aliphatic carbocycles. The molecule has 0 spiro atoms. The van der Waals surface area contributed by atoms with Gasteiger partial charge in [0.1, 0.15) is 13.1 Å². The lowest BCUT2D eigenvalue weighted by atomic mass is 9.91. The number of rotatable bonds is 8. The smallest absolute Gasteiger partial charge is 0.155 e. The van der Waals surface area contributed by atoms with E-state index in [0.29, 0.717) is 24.4 Å². The summed E-state index contributed by atoms with van der Waals surface area (Å²) in [5, 5.41) is 0. The molecule has 0 radical (unpaired) electrons. The molecule has 2 saturated heterocycles. The molecule has 0 aromatic rings. The molecule has 2 heterocycles. The van der Waals surface area contributed by atoms with E-state index >= 15 is 0 Å². The van der Waals surface area contributed by atoms with Crippen molar-refractivity contribution in [3.63, 3.8) is 0 Å². The van der Waals surface area contributed by atoms with Crippen LogP contribution in [0, 0.1) is 0 Å². The van der Waals surface area contributed by atoms with Gasteiger partial charge in [0.2, 0.25) is 0 Å². The molecule has 0 atom stereocenters. The highest BCUT2D eigenvalue weighted by Crippen LogP contribution is 2.31. The first-order chi connectivity index (χ1) is 11.0. The molecule has 134 valence electrons. The molecular formula is C17H33N2O3S+. The summed E-state index contributed by atoms with van der Waals surface area (Å²) in [5.41, 5.74) is 0. The van der Waals surface area contributed by atoms with Crippen LogP contribution < -0.4 is 0 Å². The van der Waals surface area contributed by atoms with Crippen molar-refractivity contribution in [2.75, 3.05) is 59.7 Å². The number of likely N-dealkylation sites (tertiary alicyclic amines) is 2. The van der Waals surface area contributed by atoms with Crippen molar-refractivity contribution in [1.82, 2.24) is 4.90 Å². The first-order valence-electron chi connectivity index (χ1n) is 9.05. The van der Waals surface area contributed by atoms with E-state index in [0.717, 1.165) is 56.4 Å². The molecule has 3 aliphatic rings. The molecule has 3 rings (SSSR count). The van der Waals surface area contributed by atoms with Gasteiger partial charge in [-0.25, -0.2) is 0 Å². The molecule has 23 heavy (non-hydrogen) atoms. The summed E-state index contributed by atoms with van der Waals surface area (Å²) < 4.78 is 18.8. The van der Waals surface area contributed by atoms with E-state index in [9.17, 15) is 0 Å². The van der Waals surface area contributed by atoms with E-state index < -0.39 is 0 Å². The second-order valence-corrected chi connectivity index (χ2v) is 8.47. The van der Waals surface area contributed by atoms with Gasteiger partial charge in [-0.2, -0.15) is 0 Å². The fourth-order valence-electron chi connectivity index (χ4n) is 3.89. The lowest BCUT2D eigenvalue weighted by molar-refractivity contribution is -0.937. The molecule has 3 fully saturated rings. The number of ether oxygens (including phenoxy) is 2. The van der Waals surface area contributed by atoms with Crippen molar-refractivity contribution >= 4 is 12.0 Å². The molecule has 0 unspecified atom stereocenters. The third-order valence-electron chi connectivity index (χ3n) is 5.36. The topological polar surface area (TPSA) is 30.9 Å². The average Bonchev–Trinajstić information content (AvgIpc) is 2.45. The summed E-state index contributed by atoms with van der Waals surface area (Å²) >= 11 is 1.47. The Kier molecular flexibility index (Phi) is 6.26. The molecular weight excluding hydrogens is 312 g/mol. The Hall–Kier alpha value is 0.150. The number of hydrogen-bond acceptors (Lipinski definition) is 5. The maximum atomic E-state index is 6.20. The maximum absolute atomic E-state index is 6.20. The summed E-state index contributed by atoms with van der Waals surface area (Å²) in [6, 6.07) is 0. The molecule has 6 heteroatoms. The number of quaternary nitrogens is 1. The number of piperidine rings is 1. The van der Waals surface area contributed by atoms with Crippen molar-refractivity contribution in [2.24, 2.45) is 0 Å². The van der Waals surface area contributed by atoms with Crippen LogP contribution in [0.1, 0.15) is 25.7 Å². The Morgan fingerprint density at radius 3 is 2.30 bits per heavy atom. The second kappa shape index (κ2) is 8.02. The van der Waals surface area contributed by atoms with Crippen molar-refractivity contribution < 1.29 is 18.1 Å². The Balaban J connectivity index is 1.21. The Labute approximate surface area is 145 Å². The largest absolute Gasteiger partial charge is 0.375 e. The van der Waals surface area contributed by atoms with Gasteiger partial charge in [-0.15, -0.1) is 0 Å². The fraction of sp³-hybridized carbons (Fsp3) is 1.00. The van der Waals surface area contributed by atoms with Crippen LogP contribution in [0.25, 0.3) is 0 Å². The normalized spacial score (nSPS) is 32.5. The minimum absolute atomic E-state index is 0.419. The van der Waals surface area contributed by atoms with Crippen LogP contribution in [-0.4, -0.2) is 93.5 Å². The van der Waals surface area contributed by atoms with Gasteiger partial charge in [-0.3, -0.25) is 0 Å². The quantitative estimate of drug-likeness (QED) is 0.494. The summed E-state index contributed by atoms with van der Waals surface area (Å²) in [7, 11) is 4.53. The summed E-state index contributed by atoms with van der Waals surface area (Å²) in [6.45, 7) is 6.59. The lowest BCUT2D eigenvalue weighted by Gasteiger charge is -2.44. The van der Waals surface area contributed by atoms with E-state index in [-0.39, 0.29) is 0 Å². The fourth-order valence-corrected chi connectivity index (χ4v) is 4.32. The summed E-state index contributed by atoms with van der Waals surface area (Å²) in [4.78, 5) is 2.53. The predicted molar refractivity (Wildman–Crippen MR) is 93.5 cm³/mol. The Bertz CT molecular complexity index is 361. The third-order valence-corrected chi connectivity index (χ3v) is 5.82. The van der Waals surface area contributed by atoms with Crippen LogP contribution in [0.2, 0.25) is 0 Å². The Morgan fingerprint density at radius 1 is 1.00 bits per heavy atom. The van der Waals surface area contributed by atoms with E-state index in [1.54, 1.807) is 0 Å². The van der Waals surface area contributed by atoms with E-state index in [1.165, 1.54) is 25.1 Å². The zero-order chi connectivity index (χ0) is 16.3. The van der Waals surface area contributed by atoms with Gasteiger partial charge in [0.15, 0.2) is 6.10 Å². The highest BCUT2D eigenvalue weighted by Gasteiger charge is 2.37. The second-order valence-electron chi connectivity index (χ2n) is 7.95. The van der Waals surface area contributed by atoms with Crippen LogP contribution in [0.15, 0.2) is 0 Å². The summed E-state index contributed by atoms with van der Waals surface area (Å²) in [5.74, 6) is 0. The van der Waals surface area contributed by atoms with Crippen molar-refractivity contribution in [3.8, 4) is 0 Å². The van der Waals surface area contributed by atoms with Crippen molar-refractivity contribution in [3.05, 3.63) is 0 Å². The molecule has 0 amide bonds. The minimum Gasteiger partial charge on any atom is -0.375 e. The lowest BCUT2D eigenvalue weighted by Crippen LogP contribution is -2.62. The number of hydrogen-bond donors (Lipinski definition) is 0. The summed E-state index contributed by atoms with van der Waals surface area (Å²) in [6.07, 6.45) is 8.26.